The first kappa shape index (κ1) is 40.8. The van der Waals surface area contributed by atoms with Gasteiger partial charge >= 0.3 is 5.97 Å². The fourth-order valence-electron chi connectivity index (χ4n) is 4.96. The lowest BCUT2D eigenvalue weighted by Gasteiger charge is -2.21. The number of rotatable bonds is 33. The number of aliphatic hydroxyl groups excluding tert-OH is 1. The van der Waals surface area contributed by atoms with Crippen LogP contribution in [0.1, 0.15) is 149 Å². The van der Waals surface area contributed by atoms with Crippen molar-refractivity contribution in [3.05, 3.63) is 24.3 Å². The highest BCUT2D eigenvalue weighted by Gasteiger charge is 2.10. The van der Waals surface area contributed by atoms with Gasteiger partial charge in [-0.15, -0.1) is 0 Å². The average Bonchev–Trinajstić information content (AvgIpc) is 2.98. The third-order valence-electron chi connectivity index (χ3n) is 7.43. The molecule has 0 unspecified atom stereocenters. The summed E-state index contributed by atoms with van der Waals surface area (Å²) < 4.78 is 17.3. The summed E-state index contributed by atoms with van der Waals surface area (Å²) in [5.74, 6) is -0.0730. The number of hydrogen-bond donors (Lipinski definition) is 1. The topological polar surface area (TPSA) is 68.2 Å². The predicted molar refractivity (Wildman–Crippen MR) is 178 cm³/mol. The van der Waals surface area contributed by atoms with Gasteiger partial charge in [-0.3, -0.25) is 4.79 Å². The Balaban J connectivity index is 4.05. The second-order valence-corrected chi connectivity index (χ2v) is 11.4. The maximum Gasteiger partial charge on any atom is 0.305 e. The predicted octanol–water partition coefficient (Wildman–Crippen LogP) is 9.16. The van der Waals surface area contributed by atoms with Crippen molar-refractivity contribution in [1.82, 2.24) is 4.90 Å². The third-order valence-corrected chi connectivity index (χ3v) is 7.43. The summed E-state index contributed by atoms with van der Waals surface area (Å²) in [5.41, 5.74) is 0. The molecular weight excluding hydrogens is 526 g/mol. The van der Waals surface area contributed by atoms with Crippen LogP contribution in [0.5, 0.6) is 0 Å². The highest BCUT2D eigenvalue weighted by molar-refractivity contribution is 5.69. The van der Waals surface area contributed by atoms with Crippen molar-refractivity contribution in [3.63, 3.8) is 0 Å². The van der Waals surface area contributed by atoms with Crippen molar-refractivity contribution < 1.29 is 24.1 Å². The lowest BCUT2D eigenvalue weighted by Crippen LogP contribution is -2.29. The molecule has 0 aliphatic carbocycles. The first-order chi connectivity index (χ1) is 20.7. The minimum atomic E-state index is -0.0730. The van der Waals surface area contributed by atoms with Gasteiger partial charge in [-0.1, -0.05) is 76.7 Å². The van der Waals surface area contributed by atoms with Crippen molar-refractivity contribution >= 4 is 5.97 Å². The highest BCUT2D eigenvalue weighted by atomic mass is 16.7. The normalized spacial score (nSPS) is 12.0. The average molecular weight is 596 g/mol. The van der Waals surface area contributed by atoms with Crippen LogP contribution >= 0.6 is 0 Å². The number of carbonyl (C=O) groups is 1. The summed E-state index contributed by atoms with van der Waals surface area (Å²) in [4.78, 5) is 13.8. The zero-order chi connectivity index (χ0) is 30.8. The smallest absolute Gasteiger partial charge is 0.305 e. The Hall–Kier alpha value is -1.21. The van der Waals surface area contributed by atoms with Crippen LogP contribution in [0.15, 0.2) is 24.3 Å². The van der Waals surface area contributed by atoms with Crippen LogP contribution in [0, 0.1) is 0 Å². The van der Waals surface area contributed by atoms with Crippen molar-refractivity contribution in [3.8, 4) is 0 Å². The number of unbranched alkanes of at least 4 members (excludes halogenated alkanes) is 12. The molecule has 0 fully saturated rings. The molecule has 0 bridgehead atoms. The lowest BCUT2D eigenvalue weighted by atomic mass is 10.1. The van der Waals surface area contributed by atoms with Crippen molar-refractivity contribution in [2.75, 3.05) is 46.1 Å². The molecule has 0 saturated carbocycles. The van der Waals surface area contributed by atoms with E-state index in [2.05, 4.69) is 43.1 Å². The molecule has 0 atom stereocenters. The Bertz CT molecular complexity index is 586. The van der Waals surface area contributed by atoms with Gasteiger partial charge in [-0.25, -0.2) is 0 Å². The van der Waals surface area contributed by atoms with Gasteiger partial charge in [-0.2, -0.15) is 0 Å². The molecule has 1 N–H and O–H groups in total. The summed E-state index contributed by atoms with van der Waals surface area (Å²) >= 11 is 0. The molecule has 0 heterocycles. The summed E-state index contributed by atoms with van der Waals surface area (Å²) in [6.07, 6.45) is 31.1. The molecule has 0 aliphatic rings. The first-order valence-corrected chi connectivity index (χ1v) is 17.7. The molecule has 0 spiro atoms. The van der Waals surface area contributed by atoms with E-state index >= 15 is 0 Å². The van der Waals surface area contributed by atoms with Crippen molar-refractivity contribution in [2.45, 2.75) is 155 Å². The van der Waals surface area contributed by atoms with Crippen LogP contribution in [-0.4, -0.2) is 68.3 Å². The molecule has 0 amide bonds. The van der Waals surface area contributed by atoms with E-state index in [9.17, 15) is 9.90 Å². The largest absolute Gasteiger partial charge is 0.466 e. The number of hydrogen-bond acceptors (Lipinski definition) is 6. The minimum Gasteiger partial charge on any atom is -0.466 e. The van der Waals surface area contributed by atoms with Gasteiger partial charge in [0.25, 0.3) is 0 Å². The fourth-order valence-corrected chi connectivity index (χ4v) is 4.96. The van der Waals surface area contributed by atoms with Crippen LogP contribution in [0.25, 0.3) is 0 Å². The quantitative estimate of drug-likeness (QED) is 0.0353. The van der Waals surface area contributed by atoms with Crippen LogP contribution in [-0.2, 0) is 19.0 Å². The molecular formula is C36H69NO5. The molecule has 0 radical (unpaired) electrons. The van der Waals surface area contributed by atoms with Crippen molar-refractivity contribution in [1.29, 1.82) is 0 Å². The number of aliphatic hydroxyl groups is 1. The zero-order valence-corrected chi connectivity index (χ0v) is 28.0. The minimum absolute atomic E-state index is 0.0624. The maximum absolute atomic E-state index is 11.4. The second kappa shape index (κ2) is 34.3. The Labute approximate surface area is 260 Å². The van der Waals surface area contributed by atoms with E-state index in [4.69, 9.17) is 14.2 Å². The van der Waals surface area contributed by atoms with E-state index in [0.29, 0.717) is 13.0 Å². The van der Waals surface area contributed by atoms with Gasteiger partial charge < -0.3 is 24.2 Å². The summed E-state index contributed by atoms with van der Waals surface area (Å²) in [6.45, 7) is 11.4. The van der Waals surface area contributed by atoms with E-state index in [1.54, 1.807) is 0 Å². The van der Waals surface area contributed by atoms with Gasteiger partial charge in [0.15, 0.2) is 6.29 Å². The molecule has 0 saturated heterocycles. The number of nitrogens with zero attached hydrogens (tertiary/aromatic N) is 1. The fraction of sp³-hybridized carbons (Fsp3) is 0.861. The summed E-state index contributed by atoms with van der Waals surface area (Å²) in [5, 5.41) is 9.47. The standard InChI is InChI=1S/C36H69NO5/c1-4-7-9-11-19-25-33-41-36(42-34-26-20-12-10-8-5-2)28-22-16-14-18-24-30-37(31-32-38)29-23-17-13-15-21-27-35(39)40-6-3/h7-10,36,38H,4-6,11-34H2,1-3H3/b9-7-,10-8-. The number of carbonyl (C=O) groups excluding carboxylic acids is 1. The molecule has 6 heteroatoms. The highest BCUT2D eigenvalue weighted by Crippen LogP contribution is 2.14. The Kier molecular flexibility index (Phi) is 33.3. The molecule has 0 aliphatic heterocycles. The maximum atomic E-state index is 11.4. The van der Waals surface area contributed by atoms with Crippen LogP contribution in [0.4, 0.5) is 0 Å². The van der Waals surface area contributed by atoms with E-state index in [0.717, 1.165) is 110 Å². The number of ether oxygens (including phenoxy) is 3. The van der Waals surface area contributed by atoms with E-state index in [-0.39, 0.29) is 18.9 Å². The second-order valence-electron chi connectivity index (χ2n) is 11.4. The summed E-state index contributed by atoms with van der Waals surface area (Å²) in [6, 6.07) is 0. The Morgan fingerprint density at radius 3 is 1.69 bits per heavy atom. The molecule has 42 heavy (non-hydrogen) atoms. The van der Waals surface area contributed by atoms with Crippen LogP contribution in [0.3, 0.4) is 0 Å². The number of allylic oxidation sites excluding steroid dienone is 4. The van der Waals surface area contributed by atoms with E-state index in [1.165, 1.54) is 44.9 Å². The lowest BCUT2D eigenvalue weighted by molar-refractivity contribution is -0.148. The summed E-state index contributed by atoms with van der Waals surface area (Å²) in [7, 11) is 0. The van der Waals surface area contributed by atoms with Gasteiger partial charge in [0.05, 0.1) is 13.2 Å². The van der Waals surface area contributed by atoms with Gasteiger partial charge in [0.2, 0.25) is 0 Å². The van der Waals surface area contributed by atoms with E-state index < -0.39 is 0 Å². The Morgan fingerprint density at radius 2 is 1.17 bits per heavy atom. The first-order valence-electron chi connectivity index (χ1n) is 17.7. The third kappa shape index (κ3) is 30.3. The molecule has 6 nitrogen and oxygen atoms in total. The number of esters is 1. The zero-order valence-electron chi connectivity index (χ0n) is 28.0. The SMILES string of the molecule is CC/C=C\CCCCOC(CCCCCCCN(CCO)CCCCCCCC(=O)OCC)OCCCC/C=C\CC. The molecule has 0 aromatic carbocycles. The molecule has 0 rings (SSSR count). The van der Waals surface area contributed by atoms with Crippen molar-refractivity contribution in [2.24, 2.45) is 0 Å². The Morgan fingerprint density at radius 1 is 0.643 bits per heavy atom. The van der Waals surface area contributed by atoms with E-state index in [1.807, 2.05) is 6.92 Å². The van der Waals surface area contributed by atoms with Gasteiger partial charge in [-0.05, 0) is 103 Å². The molecule has 0 aromatic rings. The van der Waals surface area contributed by atoms with Gasteiger partial charge in [0.1, 0.15) is 0 Å². The van der Waals surface area contributed by atoms with Crippen LogP contribution < -0.4 is 0 Å². The molecule has 0 aromatic heterocycles. The monoisotopic (exact) mass is 596 g/mol. The molecule has 248 valence electrons. The van der Waals surface area contributed by atoms with Gasteiger partial charge in [0, 0.05) is 26.2 Å². The van der Waals surface area contributed by atoms with Crippen LogP contribution in [0.2, 0.25) is 0 Å².